The third-order valence-electron chi connectivity index (χ3n) is 1.60. The lowest BCUT2D eigenvalue weighted by Crippen LogP contribution is -2.14. The molecule has 0 spiro atoms. The number of aromatic nitrogens is 2. The van der Waals surface area contributed by atoms with E-state index in [0.29, 0.717) is 0 Å². The summed E-state index contributed by atoms with van der Waals surface area (Å²) >= 11 is 0. The van der Waals surface area contributed by atoms with Crippen LogP contribution in [0.4, 0.5) is 0 Å². The molecule has 0 saturated heterocycles. The Labute approximate surface area is 78.9 Å². The Bertz CT molecular complexity index is 263. The lowest BCUT2D eigenvalue weighted by atomic mass is 10.3. The van der Waals surface area contributed by atoms with Gasteiger partial charge in [0.1, 0.15) is 6.33 Å². The quantitative estimate of drug-likeness (QED) is 0.560. The molecule has 0 saturated carbocycles. The van der Waals surface area contributed by atoms with Crippen molar-refractivity contribution in [2.75, 3.05) is 6.54 Å². The van der Waals surface area contributed by atoms with E-state index in [1.54, 1.807) is 12.5 Å². The highest BCUT2D eigenvalue weighted by Crippen LogP contribution is 1.90. The summed E-state index contributed by atoms with van der Waals surface area (Å²) in [5.41, 5.74) is 2.35. The first-order valence-corrected chi connectivity index (χ1v) is 4.38. The van der Waals surface area contributed by atoms with Gasteiger partial charge in [-0.15, -0.1) is 0 Å². The molecule has 0 bridgehead atoms. The number of nitrogens with zero attached hydrogens (tertiary/aromatic N) is 2. The monoisotopic (exact) mass is 177 g/mol. The molecular formula is C10H15N3. The van der Waals surface area contributed by atoms with Crippen LogP contribution in [0.25, 0.3) is 0 Å². The van der Waals surface area contributed by atoms with Crippen molar-refractivity contribution in [3.05, 3.63) is 35.9 Å². The van der Waals surface area contributed by atoms with Gasteiger partial charge in [0.2, 0.25) is 0 Å². The molecule has 0 aromatic carbocycles. The van der Waals surface area contributed by atoms with Crippen LogP contribution >= 0.6 is 0 Å². The van der Waals surface area contributed by atoms with Gasteiger partial charge < -0.3 is 5.32 Å². The molecule has 1 rings (SSSR count). The predicted molar refractivity (Wildman–Crippen MR) is 53.2 cm³/mol. The van der Waals surface area contributed by atoms with Gasteiger partial charge in [-0.25, -0.2) is 9.97 Å². The fourth-order valence-corrected chi connectivity index (χ4v) is 0.899. The van der Waals surface area contributed by atoms with Gasteiger partial charge in [-0.3, -0.25) is 0 Å². The van der Waals surface area contributed by atoms with Crippen molar-refractivity contribution in [1.29, 1.82) is 0 Å². The van der Waals surface area contributed by atoms with Crippen molar-refractivity contribution in [1.82, 2.24) is 15.3 Å². The van der Waals surface area contributed by atoms with Crippen LogP contribution in [0, 0.1) is 0 Å². The fraction of sp³-hybridized carbons (Fsp3) is 0.400. The lowest BCUT2D eigenvalue weighted by Gasteiger charge is -2.00. The third-order valence-corrected chi connectivity index (χ3v) is 1.60. The number of nitrogens with one attached hydrogen (secondary N) is 1. The summed E-state index contributed by atoms with van der Waals surface area (Å²) in [7, 11) is 0. The SMILES string of the molecule is CC(C)=CCNCc1ccncn1. The maximum atomic E-state index is 4.10. The molecule has 1 heterocycles. The molecule has 70 valence electrons. The highest BCUT2D eigenvalue weighted by atomic mass is 14.9. The molecule has 0 radical (unpaired) electrons. The van der Waals surface area contributed by atoms with Gasteiger partial charge >= 0.3 is 0 Å². The number of rotatable bonds is 4. The highest BCUT2D eigenvalue weighted by Gasteiger charge is 1.89. The zero-order valence-corrected chi connectivity index (χ0v) is 8.12. The van der Waals surface area contributed by atoms with Crippen molar-refractivity contribution in [2.24, 2.45) is 0 Å². The lowest BCUT2D eigenvalue weighted by molar-refractivity contribution is 0.734. The topological polar surface area (TPSA) is 37.8 Å². The Hall–Kier alpha value is -1.22. The number of hydrogen-bond donors (Lipinski definition) is 1. The zero-order chi connectivity index (χ0) is 9.52. The molecule has 0 unspecified atom stereocenters. The van der Waals surface area contributed by atoms with Gasteiger partial charge in [0.15, 0.2) is 0 Å². The number of hydrogen-bond acceptors (Lipinski definition) is 3. The van der Waals surface area contributed by atoms with Crippen LogP contribution in [0.15, 0.2) is 30.2 Å². The molecule has 1 N–H and O–H groups in total. The summed E-state index contributed by atoms with van der Waals surface area (Å²) < 4.78 is 0. The van der Waals surface area contributed by atoms with E-state index in [-0.39, 0.29) is 0 Å². The minimum Gasteiger partial charge on any atom is -0.308 e. The first kappa shape index (κ1) is 9.86. The molecule has 1 aromatic heterocycles. The van der Waals surface area contributed by atoms with Gasteiger partial charge in [0, 0.05) is 19.3 Å². The van der Waals surface area contributed by atoms with Gasteiger partial charge in [0.05, 0.1) is 5.69 Å². The van der Waals surface area contributed by atoms with Gasteiger partial charge in [-0.1, -0.05) is 11.6 Å². The minimum atomic E-state index is 0.798. The first-order valence-electron chi connectivity index (χ1n) is 4.38. The van der Waals surface area contributed by atoms with Crippen LogP contribution in [0.2, 0.25) is 0 Å². The molecule has 0 amide bonds. The normalized spacial score (nSPS) is 9.69. The van der Waals surface area contributed by atoms with Crippen LogP contribution in [-0.2, 0) is 6.54 Å². The van der Waals surface area contributed by atoms with Crippen LogP contribution in [0.3, 0.4) is 0 Å². The van der Waals surface area contributed by atoms with Gasteiger partial charge in [-0.2, -0.15) is 0 Å². The van der Waals surface area contributed by atoms with E-state index in [4.69, 9.17) is 0 Å². The summed E-state index contributed by atoms with van der Waals surface area (Å²) in [6.45, 7) is 5.87. The van der Waals surface area contributed by atoms with Crippen LogP contribution < -0.4 is 5.32 Å². The van der Waals surface area contributed by atoms with E-state index in [9.17, 15) is 0 Å². The summed E-state index contributed by atoms with van der Waals surface area (Å²) in [5, 5.41) is 3.27. The summed E-state index contributed by atoms with van der Waals surface area (Å²) in [5.74, 6) is 0. The van der Waals surface area contributed by atoms with Gasteiger partial charge in [-0.05, 0) is 19.9 Å². The first-order chi connectivity index (χ1) is 6.29. The smallest absolute Gasteiger partial charge is 0.115 e. The zero-order valence-electron chi connectivity index (χ0n) is 8.12. The molecule has 3 heteroatoms. The number of allylic oxidation sites excluding steroid dienone is 1. The summed E-state index contributed by atoms with van der Waals surface area (Å²) in [6, 6.07) is 1.91. The predicted octanol–water partition coefficient (Wildman–Crippen LogP) is 1.53. The molecule has 0 fully saturated rings. The maximum Gasteiger partial charge on any atom is 0.115 e. The van der Waals surface area contributed by atoms with E-state index in [2.05, 4.69) is 35.2 Å². The van der Waals surface area contributed by atoms with Crippen molar-refractivity contribution in [2.45, 2.75) is 20.4 Å². The fourth-order valence-electron chi connectivity index (χ4n) is 0.899. The average molecular weight is 177 g/mol. The Morgan fingerprint density at radius 1 is 1.54 bits per heavy atom. The minimum absolute atomic E-state index is 0.798. The highest BCUT2D eigenvalue weighted by molar-refractivity contribution is 4.99. The Balaban J connectivity index is 2.25. The molecule has 0 aliphatic rings. The van der Waals surface area contributed by atoms with Crippen molar-refractivity contribution < 1.29 is 0 Å². The second-order valence-corrected chi connectivity index (χ2v) is 3.11. The molecule has 13 heavy (non-hydrogen) atoms. The van der Waals surface area contributed by atoms with Crippen molar-refractivity contribution >= 4 is 0 Å². The molecule has 1 aromatic rings. The second kappa shape index (κ2) is 5.43. The summed E-state index contributed by atoms with van der Waals surface area (Å²) in [4.78, 5) is 7.95. The Morgan fingerprint density at radius 3 is 3.00 bits per heavy atom. The molecule has 0 aliphatic heterocycles. The summed E-state index contributed by atoms with van der Waals surface area (Å²) in [6.07, 6.45) is 5.48. The molecular weight excluding hydrogens is 162 g/mol. The van der Waals surface area contributed by atoms with E-state index in [1.807, 2.05) is 6.07 Å². The second-order valence-electron chi connectivity index (χ2n) is 3.11. The van der Waals surface area contributed by atoms with E-state index < -0.39 is 0 Å². The van der Waals surface area contributed by atoms with Crippen LogP contribution in [0.5, 0.6) is 0 Å². The Kier molecular flexibility index (Phi) is 4.12. The maximum absolute atomic E-state index is 4.10. The molecule has 0 atom stereocenters. The van der Waals surface area contributed by atoms with E-state index >= 15 is 0 Å². The van der Waals surface area contributed by atoms with Gasteiger partial charge in [0.25, 0.3) is 0 Å². The molecule has 3 nitrogen and oxygen atoms in total. The van der Waals surface area contributed by atoms with Crippen molar-refractivity contribution in [3.8, 4) is 0 Å². The Morgan fingerprint density at radius 2 is 2.38 bits per heavy atom. The van der Waals surface area contributed by atoms with Crippen LogP contribution in [-0.4, -0.2) is 16.5 Å². The van der Waals surface area contributed by atoms with Crippen molar-refractivity contribution in [3.63, 3.8) is 0 Å². The standard InChI is InChI=1S/C10H15N3/c1-9(2)3-5-11-7-10-4-6-12-8-13-10/h3-4,6,8,11H,5,7H2,1-2H3. The molecule has 0 aliphatic carbocycles. The average Bonchev–Trinajstić information content (AvgIpc) is 2.14. The van der Waals surface area contributed by atoms with E-state index in [0.717, 1.165) is 18.8 Å². The van der Waals surface area contributed by atoms with E-state index in [1.165, 1.54) is 5.57 Å². The van der Waals surface area contributed by atoms with Crippen LogP contribution in [0.1, 0.15) is 19.5 Å². The largest absolute Gasteiger partial charge is 0.308 e. The third kappa shape index (κ3) is 4.38.